The SMILES string of the molecule is CC1Cc2cccnc2N1C.CN1C(=O)CCC1=O.CN1CCCC1.CN1CCCCC1.CN1CCCCC1.CN1CC[N-]C1=O.Cc1nc2ccccc2n1C.[Ac]. The van der Waals surface area contributed by atoms with Gasteiger partial charge >= 0.3 is 0 Å². The second-order valence-corrected chi connectivity index (χ2v) is 16.0. The Morgan fingerprint density at radius 3 is 1.50 bits per heavy atom. The van der Waals surface area contributed by atoms with E-state index < -0.39 is 0 Å². The Morgan fingerprint density at radius 2 is 1.16 bits per heavy atom. The van der Waals surface area contributed by atoms with E-state index >= 15 is 0 Å². The van der Waals surface area contributed by atoms with Crippen LogP contribution in [0.15, 0.2) is 42.6 Å². The summed E-state index contributed by atoms with van der Waals surface area (Å²) in [5.41, 5.74) is 3.65. The van der Waals surface area contributed by atoms with Gasteiger partial charge in [-0.3, -0.25) is 19.3 Å². The summed E-state index contributed by atoms with van der Waals surface area (Å²) in [7, 11) is 14.0. The molecule has 6 aliphatic heterocycles. The monoisotopic (exact) mass is 1020 g/mol. The van der Waals surface area contributed by atoms with E-state index in [0.29, 0.717) is 25.4 Å². The van der Waals surface area contributed by atoms with E-state index in [-0.39, 0.29) is 61.9 Å². The maximum Gasteiger partial charge on any atom is 0.229 e. The van der Waals surface area contributed by atoms with E-state index in [1.165, 1.54) is 114 Å². The molecule has 14 heteroatoms. The minimum absolute atomic E-state index is 0. The van der Waals surface area contributed by atoms with Crippen molar-refractivity contribution in [3.63, 3.8) is 0 Å². The van der Waals surface area contributed by atoms with Crippen molar-refractivity contribution in [3.8, 4) is 0 Å². The predicted molar refractivity (Wildman–Crippen MR) is 234 cm³/mol. The zero-order valence-corrected chi connectivity index (χ0v) is 42.1. The number of aryl methyl sites for hydroxylation is 2. The largest absolute Gasteiger partial charge is 0.440 e. The third-order valence-corrected chi connectivity index (χ3v) is 11.2. The molecule has 4 amide bonds. The van der Waals surface area contributed by atoms with Crippen LogP contribution in [0.4, 0.5) is 10.6 Å². The number of aromatic nitrogens is 3. The van der Waals surface area contributed by atoms with Crippen LogP contribution >= 0.6 is 0 Å². The molecule has 9 rings (SSSR count). The molecule has 5 saturated heterocycles. The molecule has 1 aromatic carbocycles. The molecule has 0 saturated carbocycles. The van der Waals surface area contributed by atoms with Gasteiger partial charge in [-0.25, -0.2) is 9.97 Å². The number of likely N-dealkylation sites (N-methyl/N-ethyl adjacent to an activating group) is 2. The fourth-order valence-corrected chi connectivity index (χ4v) is 7.02. The second-order valence-electron chi connectivity index (χ2n) is 16.0. The summed E-state index contributed by atoms with van der Waals surface area (Å²) in [6, 6.07) is 12.8. The number of carbonyl (C=O) groups excluding carboxylic acids is 3. The van der Waals surface area contributed by atoms with E-state index in [9.17, 15) is 14.4 Å². The van der Waals surface area contributed by atoms with Crippen molar-refractivity contribution >= 4 is 34.7 Å². The first-order chi connectivity index (χ1) is 27.3. The molecule has 0 spiro atoms. The van der Waals surface area contributed by atoms with Crippen LogP contribution in [-0.2, 0) is 23.1 Å². The van der Waals surface area contributed by atoms with Gasteiger partial charge in [-0.2, -0.15) is 0 Å². The number of anilines is 1. The minimum atomic E-state index is -0.0833. The topological polar surface area (TPSA) is 115 Å². The molecular formula is C44H73AcN10O3-. The summed E-state index contributed by atoms with van der Waals surface area (Å²) in [4.78, 5) is 52.1. The van der Waals surface area contributed by atoms with Crippen molar-refractivity contribution in [2.45, 2.75) is 90.5 Å². The molecule has 6 aliphatic rings. The number of para-hydroxylation sites is 2. The maximum atomic E-state index is 10.5. The fourth-order valence-electron chi connectivity index (χ4n) is 7.02. The number of piperidine rings is 2. The molecule has 2 aromatic heterocycles. The molecule has 58 heavy (non-hydrogen) atoms. The van der Waals surface area contributed by atoms with Gasteiger partial charge in [0.25, 0.3) is 0 Å². The van der Waals surface area contributed by atoms with Gasteiger partial charge in [0.15, 0.2) is 6.03 Å². The van der Waals surface area contributed by atoms with E-state index in [1.807, 2.05) is 44.4 Å². The zero-order chi connectivity index (χ0) is 41.7. The Balaban J connectivity index is 0.000000236. The number of hydrogen-bond acceptors (Lipinski definition) is 9. The Hall–Kier alpha value is -2.63. The average molecular weight is 1020 g/mol. The molecule has 321 valence electrons. The average Bonchev–Trinajstić information content (AvgIpc) is 4.04. The number of hydrogen-bond donors (Lipinski definition) is 0. The van der Waals surface area contributed by atoms with Crippen molar-refractivity contribution in [2.75, 3.05) is 99.5 Å². The Labute approximate surface area is 385 Å². The number of urea groups is 1. The van der Waals surface area contributed by atoms with Gasteiger partial charge in [0, 0.05) is 90.3 Å². The molecule has 0 aliphatic carbocycles. The van der Waals surface area contributed by atoms with E-state index in [1.54, 1.807) is 11.9 Å². The number of benzene rings is 1. The molecule has 5 fully saturated rings. The quantitative estimate of drug-likeness (QED) is 0.235. The number of likely N-dealkylation sites (tertiary alicyclic amines) is 4. The van der Waals surface area contributed by atoms with Crippen LogP contribution in [0.2, 0.25) is 0 Å². The normalized spacial score (nSPS) is 20.2. The molecule has 1 atom stereocenters. The summed E-state index contributed by atoms with van der Waals surface area (Å²) in [5, 5.41) is 3.60. The van der Waals surface area contributed by atoms with Gasteiger partial charge < -0.3 is 34.4 Å². The van der Waals surface area contributed by atoms with E-state index in [0.717, 1.165) is 30.1 Å². The molecule has 8 heterocycles. The number of nitrogens with zero attached hydrogens (tertiary/aromatic N) is 10. The maximum absolute atomic E-state index is 10.5. The van der Waals surface area contributed by atoms with Crippen LogP contribution in [0.25, 0.3) is 16.4 Å². The fraction of sp³-hybridized carbons (Fsp3) is 0.659. The number of imide groups is 1. The summed E-state index contributed by atoms with van der Waals surface area (Å²) in [5.74, 6) is 2.09. The number of imidazole rings is 1. The third-order valence-electron chi connectivity index (χ3n) is 11.2. The number of carbonyl (C=O) groups is 3. The molecule has 1 unspecified atom stereocenters. The van der Waals surface area contributed by atoms with Gasteiger partial charge in [-0.15, -0.1) is 0 Å². The van der Waals surface area contributed by atoms with Crippen LogP contribution in [0, 0.1) is 51.0 Å². The molecule has 0 N–H and O–H groups in total. The Kier molecular flexibility index (Phi) is 24.9. The van der Waals surface area contributed by atoms with Gasteiger partial charge in [-0.05, 0) is 156 Å². The number of rotatable bonds is 0. The summed E-state index contributed by atoms with van der Waals surface area (Å²) in [6.45, 7) is 13.6. The molecule has 0 bridgehead atoms. The standard InChI is InChI=1S/C9H12N2.C9H10N2.2C6H13N.C5H7NO2.C5H11N.C4H8N2O.Ac/c1-7-6-8-4-3-5-10-9(8)11(7)2;1-7-10-8-5-3-4-6-9(8)11(7)2;2*1-7-5-3-2-4-6-7;1-6-4(7)2-3-5(6)8;1-6-4-2-3-5-6;1-6-3-2-5-4(6)7;/h3-5,7H,6H2,1-2H3;3-6H,1-2H3;2*2-6H2,1H3;2-3H2,1H3;2-5H2,1H3;2-3H2,1H3,(H,5,7);/p-1. The van der Waals surface area contributed by atoms with Gasteiger partial charge in [-0.1, -0.05) is 38.1 Å². The van der Waals surface area contributed by atoms with Crippen molar-refractivity contribution in [1.82, 2.24) is 39.0 Å². The van der Waals surface area contributed by atoms with Crippen molar-refractivity contribution in [2.24, 2.45) is 7.05 Å². The summed E-state index contributed by atoms with van der Waals surface area (Å²) >= 11 is 0. The number of fused-ring (bicyclic) bond motifs is 2. The van der Waals surface area contributed by atoms with Gasteiger partial charge in [0.05, 0.1) is 11.0 Å². The van der Waals surface area contributed by atoms with Crippen LogP contribution in [-0.4, -0.2) is 158 Å². The van der Waals surface area contributed by atoms with Crippen molar-refractivity contribution < 1.29 is 58.4 Å². The van der Waals surface area contributed by atoms with Crippen LogP contribution < -0.4 is 4.90 Å². The Bertz CT molecular complexity index is 1600. The van der Waals surface area contributed by atoms with Gasteiger partial charge in [0.2, 0.25) is 11.8 Å². The van der Waals surface area contributed by atoms with Gasteiger partial charge in [0.1, 0.15) is 11.6 Å². The van der Waals surface area contributed by atoms with E-state index in [4.69, 9.17) is 0 Å². The van der Waals surface area contributed by atoms with Crippen LogP contribution in [0.3, 0.4) is 0 Å². The first-order valence-corrected chi connectivity index (χ1v) is 21.1. The first-order valence-electron chi connectivity index (χ1n) is 21.1. The van der Waals surface area contributed by atoms with Crippen LogP contribution in [0.1, 0.15) is 82.5 Å². The Morgan fingerprint density at radius 1 is 0.655 bits per heavy atom. The zero-order valence-electron chi connectivity index (χ0n) is 37.3. The first kappa shape index (κ1) is 51.5. The van der Waals surface area contributed by atoms with Crippen molar-refractivity contribution in [1.29, 1.82) is 0 Å². The summed E-state index contributed by atoms with van der Waals surface area (Å²) in [6.07, 6.45) is 15.2. The molecule has 1 radical (unpaired) electrons. The number of amides is 4. The predicted octanol–water partition coefficient (Wildman–Crippen LogP) is 6.45. The second kappa shape index (κ2) is 28.0. The minimum Gasteiger partial charge on any atom is -0.440 e. The molecule has 13 nitrogen and oxygen atoms in total. The smallest absolute Gasteiger partial charge is 0.229 e. The number of pyridine rings is 1. The van der Waals surface area contributed by atoms with E-state index in [2.05, 4.69) is 86.7 Å². The van der Waals surface area contributed by atoms with Crippen LogP contribution in [0.5, 0.6) is 0 Å². The van der Waals surface area contributed by atoms with Crippen molar-refractivity contribution in [3.05, 3.63) is 59.3 Å². The summed E-state index contributed by atoms with van der Waals surface area (Å²) < 4.78 is 2.09. The third kappa shape index (κ3) is 18.3. The molecule has 3 aromatic rings. The molecular weight excluding hydrogens is 944 g/mol.